The Morgan fingerprint density at radius 2 is 2.16 bits per heavy atom. The van der Waals surface area contributed by atoms with Gasteiger partial charge in [0, 0.05) is 25.5 Å². The zero-order valence-corrected chi connectivity index (χ0v) is 12.0. The van der Waals surface area contributed by atoms with E-state index in [0.29, 0.717) is 13.0 Å². The third kappa shape index (κ3) is 3.68. The molecule has 1 aromatic carbocycles. The number of likely N-dealkylation sites (N-methyl/N-ethyl adjacent to an activating group) is 2. The molecule has 1 heterocycles. The van der Waals surface area contributed by atoms with Crippen molar-refractivity contribution in [2.75, 3.05) is 27.2 Å². The molecule has 6 heteroatoms. The predicted molar refractivity (Wildman–Crippen MR) is 78.6 cm³/mol. The van der Waals surface area contributed by atoms with E-state index in [1.807, 2.05) is 38.4 Å². The smallest absolute Gasteiger partial charge is 0.228 e. The molecule has 0 saturated heterocycles. The van der Waals surface area contributed by atoms with Crippen LogP contribution in [0.1, 0.15) is 5.69 Å². The summed E-state index contributed by atoms with van der Waals surface area (Å²) in [7, 11) is 3.69. The van der Waals surface area contributed by atoms with Gasteiger partial charge in [-0.25, -0.2) is 0 Å². The fourth-order valence-corrected chi connectivity index (χ4v) is 1.84. The number of benzene rings is 1. The van der Waals surface area contributed by atoms with Gasteiger partial charge >= 0.3 is 0 Å². The number of rotatable bonds is 5. The largest absolute Gasteiger partial charge is 0.344 e. The van der Waals surface area contributed by atoms with E-state index in [9.17, 15) is 4.79 Å². The number of nitrogens with zero attached hydrogens (tertiary/aromatic N) is 2. The van der Waals surface area contributed by atoms with Crippen LogP contribution in [0.25, 0.3) is 10.9 Å². The summed E-state index contributed by atoms with van der Waals surface area (Å²) in [4.78, 5) is 13.7. The van der Waals surface area contributed by atoms with E-state index in [1.54, 1.807) is 4.90 Å². The van der Waals surface area contributed by atoms with Crippen molar-refractivity contribution in [2.45, 2.75) is 6.42 Å². The zero-order chi connectivity index (χ0) is 13.0. The molecule has 0 bridgehead atoms. The first-order valence-electron chi connectivity index (χ1n) is 6.03. The second-order valence-electron chi connectivity index (χ2n) is 4.31. The quantitative estimate of drug-likeness (QED) is 0.866. The van der Waals surface area contributed by atoms with Crippen molar-refractivity contribution in [3.05, 3.63) is 30.0 Å². The highest BCUT2D eigenvalue weighted by Gasteiger charge is 2.12. The zero-order valence-electron chi connectivity index (χ0n) is 11.1. The minimum absolute atomic E-state index is 0. The first-order valence-corrected chi connectivity index (χ1v) is 6.03. The number of para-hydroxylation sites is 1. The van der Waals surface area contributed by atoms with E-state index in [0.717, 1.165) is 23.1 Å². The van der Waals surface area contributed by atoms with Gasteiger partial charge in [-0.1, -0.05) is 18.2 Å². The highest BCUT2D eigenvalue weighted by atomic mass is 35.5. The van der Waals surface area contributed by atoms with Crippen LogP contribution in [0.15, 0.2) is 24.3 Å². The lowest BCUT2D eigenvalue weighted by molar-refractivity contribution is -0.129. The van der Waals surface area contributed by atoms with Crippen LogP contribution in [-0.4, -0.2) is 48.2 Å². The third-order valence-electron chi connectivity index (χ3n) is 2.99. The maximum atomic E-state index is 12.0. The SMILES string of the molecule is CNCCN(C)C(=O)Cc1[nH]nc2ccccc12.Cl. The molecular formula is C13H19ClN4O. The molecule has 19 heavy (non-hydrogen) atoms. The van der Waals surface area contributed by atoms with Gasteiger partial charge in [0.25, 0.3) is 0 Å². The molecular weight excluding hydrogens is 264 g/mol. The van der Waals surface area contributed by atoms with Crippen LogP contribution in [0.5, 0.6) is 0 Å². The Balaban J connectivity index is 0.00000180. The number of carbonyl (C=O) groups excluding carboxylic acids is 1. The van der Waals surface area contributed by atoms with Gasteiger partial charge in [-0.15, -0.1) is 12.4 Å². The summed E-state index contributed by atoms with van der Waals surface area (Å²) in [6, 6.07) is 7.81. The number of halogens is 1. The Morgan fingerprint density at radius 1 is 1.42 bits per heavy atom. The number of hydrogen-bond acceptors (Lipinski definition) is 3. The summed E-state index contributed by atoms with van der Waals surface area (Å²) in [5.41, 5.74) is 1.78. The van der Waals surface area contributed by atoms with Crippen molar-refractivity contribution < 1.29 is 4.79 Å². The standard InChI is InChI=1S/C13H18N4O.ClH/c1-14-7-8-17(2)13(18)9-12-10-5-3-4-6-11(10)15-16-12;/h3-6,14H,7-9H2,1-2H3,(H,15,16);1H. The van der Waals surface area contributed by atoms with E-state index >= 15 is 0 Å². The molecule has 0 atom stereocenters. The van der Waals surface area contributed by atoms with Gasteiger partial charge < -0.3 is 10.2 Å². The molecule has 104 valence electrons. The van der Waals surface area contributed by atoms with Crippen LogP contribution in [0, 0.1) is 0 Å². The maximum Gasteiger partial charge on any atom is 0.228 e. The van der Waals surface area contributed by atoms with E-state index < -0.39 is 0 Å². The van der Waals surface area contributed by atoms with Crippen molar-refractivity contribution in [3.63, 3.8) is 0 Å². The van der Waals surface area contributed by atoms with Crippen molar-refractivity contribution in [1.82, 2.24) is 20.4 Å². The average molecular weight is 283 g/mol. The van der Waals surface area contributed by atoms with E-state index in [4.69, 9.17) is 0 Å². The Kier molecular flexibility index (Phi) is 5.79. The number of amides is 1. The van der Waals surface area contributed by atoms with Gasteiger partial charge in [-0.2, -0.15) is 5.10 Å². The second kappa shape index (κ2) is 7.11. The Hall–Kier alpha value is -1.59. The van der Waals surface area contributed by atoms with Gasteiger partial charge in [0.2, 0.25) is 5.91 Å². The fraction of sp³-hybridized carbons (Fsp3) is 0.385. The van der Waals surface area contributed by atoms with Crippen LogP contribution in [0.3, 0.4) is 0 Å². The number of aromatic nitrogens is 2. The van der Waals surface area contributed by atoms with Gasteiger partial charge in [0.05, 0.1) is 17.6 Å². The number of aromatic amines is 1. The van der Waals surface area contributed by atoms with Crippen LogP contribution >= 0.6 is 12.4 Å². The maximum absolute atomic E-state index is 12.0. The third-order valence-corrected chi connectivity index (χ3v) is 2.99. The number of fused-ring (bicyclic) bond motifs is 1. The predicted octanol–water partition coefficient (Wildman–Crippen LogP) is 1.20. The molecule has 5 nitrogen and oxygen atoms in total. The highest BCUT2D eigenvalue weighted by Crippen LogP contribution is 2.15. The highest BCUT2D eigenvalue weighted by molar-refractivity contribution is 5.87. The van der Waals surface area contributed by atoms with E-state index in [-0.39, 0.29) is 18.3 Å². The summed E-state index contributed by atoms with van der Waals surface area (Å²) < 4.78 is 0. The molecule has 2 aromatic rings. The van der Waals surface area contributed by atoms with Crippen molar-refractivity contribution in [2.24, 2.45) is 0 Å². The molecule has 0 aliphatic carbocycles. The molecule has 0 radical (unpaired) electrons. The normalized spacial score (nSPS) is 10.2. The molecule has 0 saturated carbocycles. The lowest BCUT2D eigenvalue weighted by Gasteiger charge is -2.16. The topological polar surface area (TPSA) is 61.0 Å². The van der Waals surface area contributed by atoms with Gasteiger partial charge in [-0.3, -0.25) is 9.89 Å². The average Bonchev–Trinajstić information content (AvgIpc) is 2.79. The molecule has 1 amide bonds. The summed E-state index contributed by atoms with van der Waals surface area (Å²) in [5.74, 6) is 0.0969. The van der Waals surface area contributed by atoms with Gasteiger partial charge in [-0.05, 0) is 13.1 Å². The van der Waals surface area contributed by atoms with E-state index in [1.165, 1.54) is 0 Å². The Labute approximate surface area is 118 Å². The van der Waals surface area contributed by atoms with Crippen LogP contribution < -0.4 is 5.32 Å². The summed E-state index contributed by atoms with van der Waals surface area (Å²) in [6.07, 6.45) is 0.362. The van der Waals surface area contributed by atoms with E-state index in [2.05, 4.69) is 15.5 Å². The molecule has 0 aliphatic heterocycles. The Bertz CT molecular complexity index is 540. The van der Waals surface area contributed by atoms with Crippen molar-refractivity contribution in [3.8, 4) is 0 Å². The number of hydrogen-bond donors (Lipinski definition) is 2. The molecule has 2 N–H and O–H groups in total. The molecule has 2 rings (SSSR count). The first kappa shape index (κ1) is 15.5. The second-order valence-corrected chi connectivity index (χ2v) is 4.31. The van der Waals surface area contributed by atoms with Crippen molar-refractivity contribution >= 4 is 29.2 Å². The minimum Gasteiger partial charge on any atom is -0.344 e. The number of H-pyrrole nitrogens is 1. The summed E-state index contributed by atoms with van der Waals surface area (Å²) in [6.45, 7) is 1.51. The number of carbonyl (C=O) groups is 1. The Morgan fingerprint density at radius 3 is 2.89 bits per heavy atom. The van der Waals surface area contributed by atoms with Gasteiger partial charge in [0.1, 0.15) is 0 Å². The molecule has 1 aromatic heterocycles. The molecule has 0 spiro atoms. The lowest BCUT2D eigenvalue weighted by atomic mass is 10.1. The minimum atomic E-state index is 0. The lowest BCUT2D eigenvalue weighted by Crippen LogP contribution is -2.33. The van der Waals surface area contributed by atoms with Crippen LogP contribution in [-0.2, 0) is 11.2 Å². The molecule has 0 aliphatic rings. The monoisotopic (exact) mass is 282 g/mol. The molecule has 0 fully saturated rings. The first-order chi connectivity index (χ1) is 8.72. The number of nitrogens with one attached hydrogen (secondary N) is 2. The summed E-state index contributed by atoms with van der Waals surface area (Å²) >= 11 is 0. The molecule has 0 unspecified atom stereocenters. The van der Waals surface area contributed by atoms with Gasteiger partial charge in [0.15, 0.2) is 0 Å². The van der Waals surface area contributed by atoms with Crippen LogP contribution in [0.2, 0.25) is 0 Å². The fourth-order valence-electron chi connectivity index (χ4n) is 1.84. The van der Waals surface area contributed by atoms with Crippen LogP contribution in [0.4, 0.5) is 0 Å². The van der Waals surface area contributed by atoms with Crippen molar-refractivity contribution in [1.29, 1.82) is 0 Å². The summed E-state index contributed by atoms with van der Waals surface area (Å²) in [5, 5.41) is 11.2.